The first kappa shape index (κ1) is 11.1. The van der Waals surface area contributed by atoms with Crippen LogP contribution < -0.4 is 4.72 Å². The number of benzene rings is 1. The molecule has 14 heavy (non-hydrogen) atoms. The largest absolute Gasteiger partial charge is 0.213 e. The molecule has 6 heteroatoms. The molecular formula is C8H9F2NO2S. The van der Waals surface area contributed by atoms with Crippen LogP contribution in [0.2, 0.25) is 0 Å². The zero-order valence-corrected chi connectivity index (χ0v) is 8.24. The first-order valence-electron chi connectivity index (χ1n) is 3.77. The summed E-state index contributed by atoms with van der Waals surface area (Å²) in [6.07, 6.45) is 0.949. The minimum absolute atomic E-state index is 0.0181. The van der Waals surface area contributed by atoms with Gasteiger partial charge in [-0.1, -0.05) is 0 Å². The SMILES string of the molecule is CS(=O)(=O)NCc1cc(F)ccc1F. The average molecular weight is 221 g/mol. The normalized spacial score (nSPS) is 11.6. The molecule has 0 fully saturated rings. The lowest BCUT2D eigenvalue weighted by atomic mass is 10.2. The van der Waals surface area contributed by atoms with Gasteiger partial charge in [0.1, 0.15) is 11.6 Å². The van der Waals surface area contributed by atoms with Gasteiger partial charge in [0.2, 0.25) is 10.0 Å². The van der Waals surface area contributed by atoms with Gasteiger partial charge in [-0.25, -0.2) is 21.9 Å². The van der Waals surface area contributed by atoms with Crippen molar-refractivity contribution in [2.75, 3.05) is 6.26 Å². The summed E-state index contributed by atoms with van der Waals surface area (Å²) in [6, 6.07) is 2.88. The molecule has 0 aliphatic carbocycles. The van der Waals surface area contributed by atoms with Gasteiger partial charge in [0.15, 0.2) is 0 Å². The van der Waals surface area contributed by atoms with E-state index in [4.69, 9.17) is 0 Å². The van der Waals surface area contributed by atoms with Crippen molar-refractivity contribution in [3.05, 3.63) is 35.4 Å². The van der Waals surface area contributed by atoms with Gasteiger partial charge in [0.25, 0.3) is 0 Å². The lowest BCUT2D eigenvalue weighted by Gasteiger charge is -2.03. The molecule has 3 nitrogen and oxygen atoms in total. The fourth-order valence-corrected chi connectivity index (χ4v) is 1.31. The van der Waals surface area contributed by atoms with Crippen molar-refractivity contribution >= 4 is 10.0 Å². The van der Waals surface area contributed by atoms with Crippen LogP contribution in [0.15, 0.2) is 18.2 Å². The smallest absolute Gasteiger partial charge is 0.209 e. The van der Waals surface area contributed by atoms with Gasteiger partial charge in [0.05, 0.1) is 6.26 Å². The zero-order valence-electron chi connectivity index (χ0n) is 7.42. The third-order valence-corrected chi connectivity index (χ3v) is 2.20. The number of halogens is 2. The van der Waals surface area contributed by atoms with Crippen LogP contribution in [-0.4, -0.2) is 14.7 Å². The Hall–Kier alpha value is -1.01. The van der Waals surface area contributed by atoms with Crippen LogP contribution in [0.25, 0.3) is 0 Å². The Labute approximate surface area is 80.8 Å². The van der Waals surface area contributed by atoms with Crippen LogP contribution in [0, 0.1) is 11.6 Å². The van der Waals surface area contributed by atoms with Gasteiger partial charge >= 0.3 is 0 Å². The maximum absolute atomic E-state index is 12.9. The van der Waals surface area contributed by atoms with Gasteiger partial charge < -0.3 is 0 Å². The highest BCUT2D eigenvalue weighted by molar-refractivity contribution is 7.88. The maximum atomic E-state index is 12.9. The van der Waals surface area contributed by atoms with Crippen molar-refractivity contribution in [1.29, 1.82) is 0 Å². The molecule has 1 rings (SSSR count). The molecule has 0 saturated carbocycles. The molecule has 0 unspecified atom stereocenters. The predicted molar refractivity (Wildman–Crippen MR) is 48.0 cm³/mol. The van der Waals surface area contributed by atoms with E-state index < -0.39 is 21.7 Å². The van der Waals surface area contributed by atoms with E-state index in [1.165, 1.54) is 0 Å². The predicted octanol–water partition coefficient (Wildman–Crippen LogP) is 1.01. The summed E-state index contributed by atoms with van der Waals surface area (Å²) in [7, 11) is -3.39. The van der Waals surface area contributed by atoms with Crippen molar-refractivity contribution in [3.8, 4) is 0 Å². The van der Waals surface area contributed by atoms with Crippen molar-refractivity contribution in [3.63, 3.8) is 0 Å². The Balaban J connectivity index is 2.81. The van der Waals surface area contributed by atoms with Crippen molar-refractivity contribution < 1.29 is 17.2 Å². The summed E-state index contributed by atoms with van der Waals surface area (Å²) in [4.78, 5) is 0. The first-order chi connectivity index (χ1) is 6.38. The van der Waals surface area contributed by atoms with E-state index in [0.29, 0.717) is 0 Å². The summed E-state index contributed by atoms with van der Waals surface area (Å²) in [5.74, 6) is -1.24. The minimum Gasteiger partial charge on any atom is -0.213 e. The van der Waals surface area contributed by atoms with E-state index in [1.54, 1.807) is 0 Å². The molecule has 0 atom stereocenters. The van der Waals surface area contributed by atoms with Gasteiger partial charge in [-0.2, -0.15) is 0 Å². The third kappa shape index (κ3) is 3.39. The number of nitrogens with one attached hydrogen (secondary N) is 1. The molecule has 0 amide bonds. The molecule has 0 bridgehead atoms. The molecule has 1 aromatic rings. The quantitative estimate of drug-likeness (QED) is 0.828. The van der Waals surface area contributed by atoms with Gasteiger partial charge in [0, 0.05) is 12.1 Å². The van der Waals surface area contributed by atoms with Crippen LogP contribution in [0.1, 0.15) is 5.56 Å². The topological polar surface area (TPSA) is 46.2 Å². The monoisotopic (exact) mass is 221 g/mol. The van der Waals surface area contributed by atoms with Gasteiger partial charge in [-0.05, 0) is 18.2 Å². The van der Waals surface area contributed by atoms with E-state index in [-0.39, 0.29) is 12.1 Å². The van der Waals surface area contributed by atoms with Crippen LogP contribution in [0.5, 0.6) is 0 Å². The second-order valence-electron chi connectivity index (χ2n) is 2.83. The number of hydrogen-bond donors (Lipinski definition) is 1. The molecule has 0 aliphatic heterocycles. The van der Waals surface area contributed by atoms with Crippen LogP contribution in [0.3, 0.4) is 0 Å². The molecule has 0 radical (unpaired) electrons. The highest BCUT2D eigenvalue weighted by Gasteiger charge is 2.06. The Morgan fingerprint density at radius 1 is 1.36 bits per heavy atom. The standard InChI is InChI=1S/C8H9F2NO2S/c1-14(12,13)11-5-6-4-7(9)2-3-8(6)10/h2-4,11H,5H2,1H3. The van der Waals surface area contributed by atoms with Gasteiger partial charge in [-0.3, -0.25) is 0 Å². The zero-order chi connectivity index (χ0) is 10.8. The van der Waals surface area contributed by atoms with Gasteiger partial charge in [-0.15, -0.1) is 0 Å². The molecular weight excluding hydrogens is 212 g/mol. The van der Waals surface area contributed by atoms with Crippen LogP contribution in [0.4, 0.5) is 8.78 Å². The molecule has 78 valence electrons. The number of hydrogen-bond acceptors (Lipinski definition) is 2. The molecule has 1 aromatic carbocycles. The highest BCUT2D eigenvalue weighted by atomic mass is 32.2. The molecule has 0 aromatic heterocycles. The van der Waals surface area contributed by atoms with E-state index in [2.05, 4.69) is 4.72 Å². The first-order valence-corrected chi connectivity index (χ1v) is 5.66. The highest BCUT2D eigenvalue weighted by Crippen LogP contribution is 2.09. The number of sulfonamides is 1. The van der Waals surface area contributed by atoms with Crippen LogP contribution >= 0.6 is 0 Å². The van der Waals surface area contributed by atoms with Crippen molar-refractivity contribution in [2.45, 2.75) is 6.54 Å². The summed E-state index contributed by atoms with van der Waals surface area (Å²) >= 11 is 0. The second kappa shape index (κ2) is 4.02. The van der Waals surface area contributed by atoms with Crippen molar-refractivity contribution in [1.82, 2.24) is 4.72 Å². The molecule has 1 N–H and O–H groups in total. The Morgan fingerprint density at radius 2 is 2.00 bits per heavy atom. The summed E-state index contributed by atoms with van der Waals surface area (Å²) in [5.41, 5.74) is -0.0181. The molecule has 0 heterocycles. The molecule has 0 aliphatic rings. The number of rotatable bonds is 3. The lowest BCUT2D eigenvalue weighted by molar-refractivity contribution is 0.570. The average Bonchev–Trinajstić information content (AvgIpc) is 2.05. The minimum atomic E-state index is -3.39. The molecule has 0 spiro atoms. The van der Waals surface area contributed by atoms with E-state index in [1.807, 2.05) is 0 Å². The second-order valence-corrected chi connectivity index (χ2v) is 4.66. The Kier molecular flexibility index (Phi) is 3.17. The summed E-state index contributed by atoms with van der Waals surface area (Å²) in [6.45, 7) is -0.248. The van der Waals surface area contributed by atoms with E-state index >= 15 is 0 Å². The summed E-state index contributed by atoms with van der Waals surface area (Å²) < 4.78 is 49.0. The summed E-state index contributed by atoms with van der Waals surface area (Å²) in [5, 5.41) is 0. The maximum Gasteiger partial charge on any atom is 0.209 e. The fourth-order valence-electron chi connectivity index (χ4n) is 0.888. The van der Waals surface area contributed by atoms with Crippen molar-refractivity contribution in [2.24, 2.45) is 0 Å². The van der Waals surface area contributed by atoms with E-state index in [0.717, 1.165) is 24.5 Å². The Morgan fingerprint density at radius 3 is 2.57 bits per heavy atom. The third-order valence-electron chi connectivity index (χ3n) is 1.53. The Bertz CT molecular complexity index is 431. The van der Waals surface area contributed by atoms with Crippen LogP contribution in [-0.2, 0) is 16.6 Å². The lowest BCUT2D eigenvalue weighted by Crippen LogP contribution is -2.21. The molecule has 0 saturated heterocycles. The fraction of sp³-hybridized carbons (Fsp3) is 0.250. The van der Waals surface area contributed by atoms with E-state index in [9.17, 15) is 17.2 Å².